The van der Waals surface area contributed by atoms with Crippen LogP contribution in [0.4, 0.5) is 0 Å². The van der Waals surface area contributed by atoms with Gasteiger partial charge in [-0.05, 0) is 18.8 Å². The van der Waals surface area contributed by atoms with Gasteiger partial charge in [-0.1, -0.05) is 25.7 Å². The fourth-order valence-corrected chi connectivity index (χ4v) is 2.46. The molecule has 0 bridgehead atoms. The lowest BCUT2D eigenvalue weighted by Gasteiger charge is -2.24. The van der Waals surface area contributed by atoms with Gasteiger partial charge in [0.15, 0.2) is 0 Å². The average Bonchev–Trinajstić information content (AvgIpc) is 2.52. The first-order chi connectivity index (χ1) is 7.75. The van der Waals surface area contributed by atoms with Gasteiger partial charge in [0.25, 0.3) is 0 Å². The SMILES string of the molecule is COCCNC(C(N)=O)C1CCCCCC1. The minimum absolute atomic E-state index is 0.173. The van der Waals surface area contributed by atoms with Gasteiger partial charge in [-0.25, -0.2) is 0 Å². The molecule has 1 unspecified atom stereocenters. The van der Waals surface area contributed by atoms with Crippen molar-refractivity contribution in [3.8, 4) is 0 Å². The number of nitrogens with one attached hydrogen (secondary N) is 1. The van der Waals surface area contributed by atoms with Gasteiger partial charge < -0.3 is 15.8 Å². The summed E-state index contributed by atoms with van der Waals surface area (Å²) in [7, 11) is 1.66. The quantitative estimate of drug-likeness (QED) is 0.527. The number of amides is 1. The fourth-order valence-electron chi connectivity index (χ4n) is 2.46. The number of nitrogens with two attached hydrogens (primary N) is 1. The summed E-state index contributed by atoms with van der Waals surface area (Å²) in [5.41, 5.74) is 5.46. The zero-order chi connectivity index (χ0) is 11.8. The van der Waals surface area contributed by atoms with Crippen LogP contribution in [-0.2, 0) is 9.53 Å². The fraction of sp³-hybridized carbons (Fsp3) is 0.917. The Morgan fingerprint density at radius 3 is 2.50 bits per heavy atom. The van der Waals surface area contributed by atoms with E-state index < -0.39 is 0 Å². The summed E-state index contributed by atoms with van der Waals surface area (Å²) in [4.78, 5) is 11.4. The van der Waals surface area contributed by atoms with Gasteiger partial charge in [0.05, 0.1) is 12.6 Å². The van der Waals surface area contributed by atoms with Crippen molar-refractivity contribution in [2.75, 3.05) is 20.3 Å². The van der Waals surface area contributed by atoms with Crippen molar-refractivity contribution in [1.82, 2.24) is 5.32 Å². The highest BCUT2D eigenvalue weighted by molar-refractivity contribution is 5.80. The van der Waals surface area contributed by atoms with E-state index in [-0.39, 0.29) is 11.9 Å². The predicted molar refractivity (Wildman–Crippen MR) is 64.1 cm³/mol. The maximum Gasteiger partial charge on any atom is 0.234 e. The molecule has 0 aromatic rings. The number of methoxy groups -OCH3 is 1. The van der Waals surface area contributed by atoms with Crippen LogP contribution in [0, 0.1) is 5.92 Å². The first-order valence-electron chi connectivity index (χ1n) is 6.27. The third-order valence-electron chi connectivity index (χ3n) is 3.35. The minimum atomic E-state index is -0.219. The van der Waals surface area contributed by atoms with E-state index in [0.717, 1.165) is 12.8 Å². The number of primary amides is 1. The molecule has 1 saturated carbocycles. The summed E-state index contributed by atoms with van der Waals surface area (Å²) in [6.45, 7) is 1.32. The zero-order valence-corrected chi connectivity index (χ0v) is 10.2. The van der Waals surface area contributed by atoms with E-state index in [0.29, 0.717) is 19.1 Å². The lowest BCUT2D eigenvalue weighted by Crippen LogP contribution is -2.47. The van der Waals surface area contributed by atoms with Crippen LogP contribution in [0.1, 0.15) is 38.5 Å². The van der Waals surface area contributed by atoms with Crippen LogP contribution in [0.5, 0.6) is 0 Å². The van der Waals surface area contributed by atoms with E-state index in [1.54, 1.807) is 7.11 Å². The van der Waals surface area contributed by atoms with Gasteiger partial charge in [-0.3, -0.25) is 4.79 Å². The first-order valence-corrected chi connectivity index (χ1v) is 6.27. The van der Waals surface area contributed by atoms with Gasteiger partial charge >= 0.3 is 0 Å². The van der Waals surface area contributed by atoms with Crippen molar-refractivity contribution in [2.45, 2.75) is 44.6 Å². The number of hydrogen-bond donors (Lipinski definition) is 2. The number of hydrogen-bond acceptors (Lipinski definition) is 3. The Labute approximate surface area is 97.9 Å². The number of carbonyl (C=O) groups is 1. The van der Waals surface area contributed by atoms with E-state index in [1.165, 1.54) is 25.7 Å². The van der Waals surface area contributed by atoms with E-state index in [1.807, 2.05) is 0 Å². The summed E-state index contributed by atoms with van der Waals surface area (Å²) < 4.78 is 4.97. The molecule has 0 aromatic carbocycles. The molecule has 3 N–H and O–H groups in total. The molecule has 0 heterocycles. The molecule has 0 aromatic heterocycles. The highest BCUT2D eigenvalue weighted by atomic mass is 16.5. The van der Waals surface area contributed by atoms with Crippen LogP contribution < -0.4 is 11.1 Å². The van der Waals surface area contributed by atoms with E-state index in [4.69, 9.17) is 10.5 Å². The molecule has 0 spiro atoms. The summed E-state index contributed by atoms with van der Waals surface area (Å²) in [6, 6.07) is -0.173. The molecule has 1 rings (SSSR count). The third-order valence-corrected chi connectivity index (χ3v) is 3.35. The monoisotopic (exact) mass is 228 g/mol. The maximum absolute atomic E-state index is 11.4. The first kappa shape index (κ1) is 13.5. The Kier molecular flexibility index (Phi) is 6.42. The molecule has 1 fully saturated rings. The van der Waals surface area contributed by atoms with Crippen molar-refractivity contribution < 1.29 is 9.53 Å². The van der Waals surface area contributed by atoms with Crippen LogP contribution in [-0.4, -0.2) is 32.2 Å². The van der Waals surface area contributed by atoms with Crippen molar-refractivity contribution in [2.24, 2.45) is 11.7 Å². The Morgan fingerprint density at radius 2 is 2.00 bits per heavy atom. The van der Waals surface area contributed by atoms with E-state index >= 15 is 0 Å². The number of rotatable bonds is 6. The molecule has 0 saturated heterocycles. The Balaban J connectivity index is 2.43. The largest absolute Gasteiger partial charge is 0.383 e. The highest BCUT2D eigenvalue weighted by Crippen LogP contribution is 2.25. The summed E-state index contributed by atoms with van der Waals surface area (Å²) in [5.74, 6) is 0.194. The predicted octanol–water partition coefficient (Wildman–Crippen LogP) is 1.05. The van der Waals surface area contributed by atoms with Gasteiger partial charge in [0.2, 0.25) is 5.91 Å². The molecule has 0 radical (unpaired) electrons. The van der Waals surface area contributed by atoms with Crippen LogP contribution in [0.15, 0.2) is 0 Å². The summed E-state index contributed by atoms with van der Waals surface area (Å²) >= 11 is 0. The third kappa shape index (κ3) is 4.49. The lowest BCUT2D eigenvalue weighted by molar-refractivity contribution is -0.121. The number of ether oxygens (including phenoxy) is 1. The summed E-state index contributed by atoms with van der Waals surface area (Å²) in [6.07, 6.45) is 7.27. The van der Waals surface area contributed by atoms with Crippen molar-refractivity contribution in [1.29, 1.82) is 0 Å². The smallest absolute Gasteiger partial charge is 0.234 e. The molecule has 1 amide bonds. The van der Waals surface area contributed by atoms with Crippen molar-refractivity contribution in [3.05, 3.63) is 0 Å². The van der Waals surface area contributed by atoms with Gasteiger partial charge in [-0.2, -0.15) is 0 Å². The molecular weight excluding hydrogens is 204 g/mol. The minimum Gasteiger partial charge on any atom is -0.383 e. The second-order valence-corrected chi connectivity index (χ2v) is 4.58. The molecule has 4 nitrogen and oxygen atoms in total. The van der Waals surface area contributed by atoms with Crippen molar-refractivity contribution in [3.63, 3.8) is 0 Å². The van der Waals surface area contributed by atoms with Crippen LogP contribution in [0.2, 0.25) is 0 Å². The van der Waals surface area contributed by atoms with Crippen LogP contribution >= 0.6 is 0 Å². The zero-order valence-electron chi connectivity index (χ0n) is 10.2. The van der Waals surface area contributed by atoms with Crippen molar-refractivity contribution >= 4 is 5.91 Å². The number of carbonyl (C=O) groups excluding carboxylic acids is 1. The van der Waals surface area contributed by atoms with Crippen LogP contribution in [0.25, 0.3) is 0 Å². The molecular formula is C12H24N2O2. The standard InChI is InChI=1S/C12H24N2O2/c1-16-9-8-14-11(12(13)15)10-6-4-2-3-5-7-10/h10-11,14H,2-9H2,1H3,(H2,13,15). The molecule has 94 valence electrons. The van der Waals surface area contributed by atoms with Gasteiger partial charge in [0.1, 0.15) is 0 Å². The van der Waals surface area contributed by atoms with Gasteiger partial charge in [-0.15, -0.1) is 0 Å². The van der Waals surface area contributed by atoms with Gasteiger partial charge in [0, 0.05) is 13.7 Å². The normalized spacial score (nSPS) is 20.3. The molecule has 4 heteroatoms. The molecule has 16 heavy (non-hydrogen) atoms. The van der Waals surface area contributed by atoms with E-state index in [2.05, 4.69) is 5.32 Å². The van der Waals surface area contributed by atoms with E-state index in [9.17, 15) is 4.79 Å². The molecule has 0 aliphatic heterocycles. The molecule has 1 aliphatic carbocycles. The lowest BCUT2D eigenvalue weighted by atomic mass is 9.91. The Morgan fingerprint density at radius 1 is 1.38 bits per heavy atom. The molecule has 1 atom stereocenters. The van der Waals surface area contributed by atoms with Crippen LogP contribution in [0.3, 0.4) is 0 Å². The molecule has 1 aliphatic rings. The Bertz CT molecular complexity index is 201. The second-order valence-electron chi connectivity index (χ2n) is 4.58. The highest BCUT2D eigenvalue weighted by Gasteiger charge is 2.26. The second kappa shape index (κ2) is 7.63. The Hall–Kier alpha value is -0.610. The summed E-state index contributed by atoms with van der Waals surface area (Å²) in [5, 5.41) is 3.22. The maximum atomic E-state index is 11.4. The average molecular weight is 228 g/mol. The topological polar surface area (TPSA) is 64.3 Å².